The van der Waals surface area contributed by atoms with Crippen LogP contribution in [0.15, 0.2) is 30.9 Å². The summed E-state index contributed by atoms with van der Waals surface area (Å²) in [6.07, 6.45) is 1.74. The van der Waals surface area contributed by atoms with Gasteiger partial charge in [-0.1, -0.05) is 18.7 Å². The Kier molecular flexibility index (Phi) is 5.43. The van der Waals surface area contributed by atoms with E-state index < -0.39 is 0 Å². The second-order valence-electron chi connectivity index (χ2n) is 3.39. The molecule has 0 heterocycles. The number of para-hydroxylation sites is 1. The van der Waals surface area contributed by atoms with Gasteiger partial charge in [-0.15, -0.1) is 0 Å². The van der Waals surface area contributed by atoms with Crippen LogP contribution in [0.5, 0.6) is 11.5 Å². The molecule has 0 aromatic heterocycles. The minimum Gasteiger partial charge on any atom is -0.490 e. The molecule has 0 aliphatic rings. The van der Waals surface area contributed by atoms with E-state index in [9.17, 15) is 0 Å². The summed E-state index contributed by atoms with van der Waals surface area (Å²) in [5, 5.41) is 2.10. The van der Waals surface area contributed by atoms with Gasteiger partial charge in [-0.25, -0.2) is 0 Å². The first-order valence-corrected chi connectivity index (χ1v) is 5.59. The van der Waals surface area contributed by atoms with Crippen molar-refractivity contribution in [3.63, 3.8) is 0 Å². The van der Waals surface area contributed by atoms with Crippen molar-refractivity contribution in [3.8, 4) is 11.5 Å². The Labute approximate surface area is 97.1 Å². The third-order valence-electron chi connectivity index (χ3n) is 2.13. The molecule has 3 heteroatoms. The van der Waals surface area contributed by atoms with Crippen LogP contribution in [-0.4, -0.2) is 20.3 Å². The van der Waals surface area contributed by atoms with E-state index >= 15 is 0 Å². The van der Waals surface area contributed by atoms with Gasteiger partial charge in [0.2, 0.25) is 0 Å². The normalized spacial score (nSPS) is 9.88. The standard InChI is InChI=1S/C13H19NO2/c1-4-9-16-13-11(10-14-3)7-6-8-12(13)15-5-2/h4,6-8,14H,1,5,9-10H2,2-3H3/p+1. The van der Waals surface area contributed by atoms with E-state index in [4.69, 9.17) is 9.47 Å². The van der Waals surface area contributed by atoms with Crippen LogP contribution in [0.25, 0.3) is 0 Å². The van der Waals surface area contributed by atoms with Crippen molar-refractivity contribution in [3.05, 3.63) is 36.4 Å². The first kappa shape index (κ1) is 12.6. The van der Waals surface area contributed by atoms with Crippen LogP contribution in [0.2, 0.25) is 0 Å². The lowest BCUT2D eigenvalue weighted by atomic mass is 10.2. The monoisotopic (exact) mass is 222 g/mol. The number of benzene rings is 1. The van der Waals surface area contributed by atoms with Crippen LogP contribution < -0.4 is 14.8 Å². The third-order valence-corrected chi connectivity index (χ3v) is 2.13. The predicted molar refractivity (Wildman–Crippen MR) is 64.9 cm³/mol. The number of hydrogen-bond acceptors (Lipinski definition) is 2. The molecule has 0 aliphatic heterocycles. The molecule has 0 saturated carbocycles. The first-order chi connectivity index (χ1) is 7.83. The van der Waals surface area contributed by atoms with E-state index in [1.54, 1.807) is 6.08 Å². The number of quaternary nitrogens is 1. The molecule has 1 rings (SSSR count). The Hall–Kier alpha value is -1.48. The van der Waals surface area contributed by atoms with E-state index in [1.807, 2.05) is 26.1 Å². The zero-order chi connectivity index (χ0) is 11.8. The van der Waals surface area contributed by atoms with Gasteiger partial charge in [0.1, 0.15) is 13.2 Å². The molecule has 1 aromatic rings. The van der Waals surface area contributed by atoms with Crippen LogP contribution in [0.3, 0.4) is 0 Å². The van der Waals surface area contributed by atoms with Crippen LogP contribution in [0.4, 0.5) is 0 Å². The number of rotatable bonds is 7. The maximum atomic E-state index is 5.66. The van der Waals surface area contributed by atoms with E-state index in [0.29, 0.717) is 13.2 Å². The van der Waals surface area contributed by atoms with E-state index in [1.165, 1.54) is 0 Å². The van der Waals surface area contributed by atoms with Crippen molar-refractivity contribution < 1.29 is 14.8 Å². The SMILES string of the molecule is C=CCOc1c(C[NH2+]C)cccc1OCC. The molecule has 3 nitrogen and oxygen atoms in total. The molecular formula is C13H20NO2+. The molecule has 0 amide bonds. The summed E-state index contributed by atoms with van der Waals surface area (Å²) in [6.45, 7) is 7.65. The molecule has 16 heavy (non-hydrogen) atoms. The molecule has 0 unspecified atom stereocenters. The lowest BCUT2D eigenvalue weighted by Gasteiger charge is -2.13. The summed E-state index contributed by atoms with van der Waals surface area (Å²) < 4.78 is 11.2. The number of hydrogen-bond donors (Lipinski definition) is 1. The van der Waals surface area contributed by atoms with E-state index in [-0.39, 0.29) is 0 Å². The smallest absolute Gasteiger partial charge is 0.170 e. The van der Waals surface area contributed by atoms with Crippen LogP contribution in [0.1, 0.15) is 12.5 Å². The summed E-state index contributed by atoms with van der Waals surface area (Å²) in [5.41, 5.74) is 1.15. The minimum absolute atomic E-state index is 0.501. The first-order valence-electron chi connectivity index (χ1n) is 5.59. The molecule has 0 spiro atoms. The molecule has 1 aromatic carbocycles. The van der Waals surface area contributed by atoms with Crippen molar-refractivity contribution in [2.45, 2.75) is 13.5 Å². The highest BCUT2D eigenvalue weighted by Gasteiger charge is 2.10. The van der Waals surface area contributed by atoms with Gasteiger partial charge in [0.25, 0.3) is 0 Å². The topological polar surface area (TPSA) is 35.1 Å². The fourth-order valence-electron chi connectivity index (χ4n) is 1.52. The fraction of sp³-hybridized carbons (Fsp3) is 0.385. The van der Waals surface area contributed by atoms with Crippen molar-refractivity contribution in [1.82, 2.24) is 0 Å². The average molecular weight is 222 g/mol. The van der Waals surface area contributed by atoms with Gasteiger partial charge >= 0.3 is 0 Å². The highest BCUT2D eigenvalue weighted by molar-refractivity contribution is 5.46. The number of nitrogens with two attached hydrogens (primary N) is 1. The fourth-order valence-corrected chi connectivity index (χ4v) is 1.52. The summed E-state index contributed by atoms with van der Waals surface area (Å²) >= 11 is 0. The molecule has 88 valence electrons. The van der Waals surface area contributed by atoms with Crippen LogP contribution >= 0.6 is 0 Å². The van der Waals surface area contributed by atoms with Gasteiger partial charge in [0.05, 0.1) is 19.2 Å². The highest BCUT2D eigenvalue weighted by atomic mass is 16.5. The average Bonchev–Trinajstić information content (AvgIpc) is 2.29. The maximum absolute atomic E-state index is 5.66. The Balaban J connectivity index is 2.96. The molecule has 0 fully saturated rings. The largest absolute Gasteiger partial charge is 0.490 e. The van der Waals surface area contributed by atoms with Gasteiger partial charge in [0, 0.05) is 0 Å². The maximum Gasteiger partial charge on any atom is 0.170 e. The van der Waals surface area contributed by atoms with Crippen molar-refractivity contribution in [2.75, 3.05) is 20.3 Å². The zero-order valence-corrected chi connectivity index (χ0v) is 10.0. The Morgan fingerprint density at radius 3 is 2.81 bits per heavy atom. The molecular weight excluding hydrogens is 202 g/mol. The van der Waals surface area contributed by atoms with Gasteiger partial charge in [0.15, 0.2) is 11.5 Å². The lowest BCUT2D eigenvalue weighted by molar-refractivity contribution is -0.643. The van der Waals surface area contributed by atoms with E-state index in [2.05, 4.69) is 18.0 Å². The number of ether oxygens (including phenoxy) is 2. The molecule has 2 N–H and O–H groups in total. The van der Waals surface area contributed by atoms with Crippen molar-refractivity contribution in [2.24, 2.45) is 0 Å². The summed E-state index contributed by atoms with van der Waals surface area (Å²) in [7, 11) is 2.03. The van der Waals surface area contributed by atoms with Gasteiger partial charge in [-0.3, -0.25) is 0 Å². The van der Waals surface area contributed by atoms with Crippen LogP contribution in [0, 0.1) is 0 Å². The molecule has 0 radical (unpaired) electrons. The van der Waals surface area contributed by atoms with Crippen molar-refractivity contribution >= 4 is 0 Å². The second-order valence-corrected chi connectivity index (χ2v) is 3.39. The quantitative estimate of drug-likeness (QED) is 0.707. The summed E-state index contributed by atoms with van der Waals surface area (Å²) in [6, 6.07) is 5.98. The lowest BCUT2D eigenvalue weighted by Crippen LogP contribution is -2.77. The van der Waals surface area contributed by atoms with Crippen LogP contribution in [-0.2, 0) is 6.54 Å². The highest BCUT2D eigenvalue weighted by Crippen LogP contribution is 2.30. The third kappa shape index (κ3) is 3.28. The Morgan fingerprint density at radius 2 is 2.19 bits per heavy atom. The molecule has 0 atom stereocenters. The molecule has 0 saturated heterocycles. The zero-order valence-electron chi connectivity index (χ0n) is 10.0. The minimum atomic E-state index is 0.501. The molecule has 0 aliphatic carbocycles. The Morgan fingerprint density at radius 1 is 1.38 bits per heavy atom. The van der Waals surface area contributed by atoms with Crippen molar-refractivity contribution in [1.29, 1.82) is 0 Å². The van der Waals surface area contributed by atoms with Gasteiger partial charge in [-0.2, -0.15) is 0 Å². The summed E-state index contributed by atoms with van der Waals surface area (Å²) in [5.74, 6) is 1.64. The summed E-state index contributed by atoms with van der Waals surface area (Å²) in [4.78, 5) is 0. The Bertz CT molecular complexity index is 312. The molecule has 0 bridgehead atoms. The predicted octanol–water partition coefficient (Wildman–Crippen LogP) is 1.34. The van der Waals surface area contributed by atoms with Gasteiger partial charge < -0.3 is 14.8 Å². The second kappa shape index (κ2) is 6.90. The van der Waals surface area contributed by atoms with E-state index in [0.717, 1.165) is 23.6 Å². The van der Waals surface area contributed by atoms with Gasteiger partial charge in [-0.05, 0) is 19.1 Å².